The quantitative estimate of drug-likeness (QED) is 0.163. The molecule has 1 saturated heterocycles. The van der Waals surface area contributed by atoms with E-state index in [9.17, 15) is 26.4 Å². The third-order valence-electron chi connectivity index (χ3n) is 9.36. The molecule has 256 valence electrons. The fraction of sp³-hybridized carbons (Fsp3) is 0.531. The summed E-state index contributed by atoms with van der Waals surface area (Å²) in [7, 11) is -6.09. The molecule has 2 aromatic heterocycles. The number of hydrogen-bond acceptors (Lipinski definition) is 8. The average Bonchev–Trinajstić information content (AvgIpc) is 3.61. The maximum Gasteiger partial charge on any atom is 0.394 e. The van der Waals surface area contributed by atoms with Crippen LogP contribution in [0.2, 0.25) is 11.1 Å². The number of nitrogens with zero attached hydrogens (tertiary/aromatic N) is 4. The van der Waals surface area contributed by atoms with Crippen LogP contribution in [0.1, 0.15) is 63.7 Å². The first kappa shape index (κ1) is 35.0. The summed E-state index contributed by atoms with van der Waals surface area (Å²) in [5.41, 5.74) is -1.58. The predicted molar refractivity (Wildman–Crippen MR) is 171 cm³/mol. The molecule has 47 heavy (non-hydrogen) atoms. The van der Waals surface area contributed by atoms with Crippen LogP contribution in [0.4, 0.5) is 13.2 Å². The zero-order valence-corrected chi connectivity index (χ0v) is 29.0. The van der Waals surface area contributed by atoms with Gasteiger partial charge in [0.2, 0.25) is 14.2 Å². The van der Waals surface area contributed by atoms with Gasteiger partial charge in [0.1, 0.15) is 6.73 Å². The summed E-state index contributed by atoms with van der Waals surface area (Å²) in [5, 5.41) is 4.43. The Hall–Kier alpha value is -3.27. The largest absolute Gasteiger partial charge is 0.477 e. The van der Waals surface area contributed by atoms with E-state index in [0.29, 0.717) is 28.1 Å². The van der Waals surface area contributed by atoms with E-state index in [1.54, 1.807) is 36.5 Å². The third kappa shape index (κ3) is 6.59. The Bertz CT molecular complexity index is 1700. The number of alkyl halides is 3. The molecular weight excluding hydrogens is 654 g/mol. The van der Waals surface area contributed by atoms with Crippen LogP contribution in [0.15, 0.2) is 59.6 Å². The number of sulfonamides is 1. The number of ether oxygens (including phenoxy) is 2. The highest BCUT2D eigenvalue weighted by molar-refractivity contribution is 7.89. The van der Waals surface area contributed by atoms with E-state index in [1.165, 1.54) is 30.0 Å². The lowest BCUT2D eigenvalue weighted by atomic mass is 10.0. The Labute approximate surface area is 274 Å². The van der Waals surface area contributed by atoms with Crippen LogP contribution in [-0.2, 0) is 19.2 Å². The minimum absolute atomic E-state index is 0.0602. The highest BCUT2D eigenvalue weighted by Gasteiger charge is 2.62. The zero-order valence-electron chi connectivity index (χ0n) is 27.2. The van der Waals surface area contributed by atoms with Crippen molar-refractivity contribution in [3.63, 3.8) is 0 Å². The number of carbonyl (C=O) groups excluding carboxylic acids is 1. The molecule has 3 aromatic rings. The molecule has 1 saturated carbocycles. The van der Waals surface area contributed by atoms with E-state index in [2.05, 4.69) is 25.9 Å². The van der Waals surface area contributed by atoms with Crippen LogP contribution >= 0.6 is 0 Å². The molecule has 15 heteroatoms. The predicted octanol–water partition coefficient (Wildman–Crippen LogP) is 5.82. The molecule has 1 aliphatic heterocycles. The molecule has 1 amide bonds. The van der Waals surface area contributed by atoms with Gasteiger partial charge in [-0.05, 0) is 73.9 Å². The number of rotatable bonds is 13. The molecule has 0 bridgehead atoms. The molecule has 1 aromatic carbocycles. The highest BCUT2D eigenvalue weighted by Crippen LogP contribution is 2.60. The normalized spacial score (nSPS) is 21.8. The second-order valence-electron chi connectivity index (χ2n) is 13.1. The van der Waals surface area contributed by atoms with Gasteiger partial charge in [0, 0.05) is 26.0 Å². The summed E-state index contributed by atoms with van der Waals surface area (Å²) in [6.45, 7) is 7.92. The maximum atomic E-state index is 14.4. The third-order valence-corrected chi connectivity index (χ3v) is 16.7. The van der Waals surface area contributed by atoms with E-state index in [4.69, 9.17) is 18.9 Å². The van der Waals surface area contributed by atoms with Gasteiger partial charge in [0.15, 0.2) is 5.82 Å². The Morgan fingerprint density at radius 3 is 2.40 bits per heavy atom. The zero-order chi connectivity index (χ0) is 34.3. The summed E-state index contributed by atoms with van der Waals surface area (Å²) in [5.74, 6) is -0.0736. The number of aromatic nitrogens is 3. The van der Waals surface area contributed by atoms with Crippen molar-refractivity contribution in [1.29, 1.82) is 0 Å². The smallest absolute Gasteiger partial charge is 0.394 e. The second-order valence-corrected chi connectivity index (χ2v) is 19.1. The lowest BCUT2D eigenvalue weighted by Gasteiger charge is -2.39. The summed E-state index contributed by atoms with van der Waals surface area (Å²) < 4.78 is 87.2. The van der Waals surface area contributed by atoms with Gasteiger partial charge >= 0.3 is 6.18 Å². The van der Waals surface area contributed by atoms with Crippen molar-refractivity contribution < 1.29 is 40.3 Å². The number of amides is 1. The topological polar surface area (TPSA) is 113 Å². The van der Waals surface area contributed by atoms with Crippen LogP contribution in [0, 0.1) is 11.3 Å². The second kappa shape index (κ2) is 13.0. The molecule has 1 aliphatic carbocycles. The van der Waals surface area contributed by atoms with Crippen molar-refractivity contribution in [2.45, 2.75) is 75.5 Å². The van der Waals surface area contributed by atoms with Gasteiger partial charge in [-0.3, -0.25) is 4.79 Å². The molecular formula is C32H41F3N4O6SSi. The maximum absolute atomic E-state index is 14.4. The van der Waals surface area contributed by atoms with Crippen LogP contribution in [0.25, 0.3) is 5.82 Å². The minimum atomic E-state index is -4.30. The van der Waals surface area contributed by atoms with Gasteiger partial charge in [-0.1, -0.05) is 39.0 Å². The first-order valence-corrected chi connectivity index (χ1v) is 19.2. The number of carbonyl (C=O) groups is 1. The molecule has 10 nitrogen and oxygen atoms in total. The number of hydrogen-bond donors (Lipinski definition) is 0. The molecule has 5 rings (SSSR count). The van der Waals surface area contributed by atoms with E-state index in [-0.39, 0.29) is 53.2 Å². The monoisotopic (exact) mass is 694 g/mol. The van der Waals surface area contributed by atoms with Gasteiger partial charge < -0.3 is 13.9 Å². The Morgan fingerprint density at radius 1 is 1.13 bits per heavy atom. The minimum Gasteiger partial charge on any atom is -0.477 e. The van der Waals surface area contributed by atoms with Gasteiger partial charge in [0.05, 0.1) is 27.8 Å². The molecule has 3 heterocycles. The van der Waals surface area contributed by atoms with E-state index in [1.807, 2.05) is 6.92 Å². The Balaban J connectivity index is 1.55. The van der Waals surface area contributed by atoms with Gasteiger partial charge in [0.25, 0.3) is 15.9 Å². The summed E-state index contributed by atoms with van der Waals surface area (Å²) in [4.78, 5) is 19.3. The lowest BCUT2D eigenvalue weighted by Crippen LogP contribution is -2.59. The van der Waals surface area contributed by atoms with Crippen LogP contribution in [0.5, 0.6) is 5.88 Å². The molecule has 2 aliphatic rings. The average molecular weight is 695 g/mol. The fourth-order valence-electron chi connectivity index (χ4n) is 6.82. The SMILES string of the molecule is CCO[Si]1(c2nc(-n3ccc(OCCC4(C(F)(F)F)CC4)n3)ccc2C(=O)N(COC)S(=O)(=O)c2ccccc2)CC(C)CC1(C)C. The molecule has 2 fully saturated rings. The Morgan fingerprint density at radius 2 is 1.83 bits per heavy atom. The van der Waals surface area contributed by atoms with Crippen molar-refractivity contribution in [1.82, 2.24) is 19.1 Å². The van der Waals surface area contributed by atoms with Crippen molar-refractivity contribution in [3.8, 4) is 11.7 Å². The standard InChI is InChI=1S/C32H41F3N4O6SSi/c1-6-45-47(21-23(2)20-30(47,3)4)28-25(29(40)39(22-43-5)46(41,42)24-10-8-7-9-11-24)12-13-26(36-28)38-18-14-27(37-38)44-19-17-31(15-16-31)32(33,34)35/h7-14,18,23H,6,15-17,19-22H2,1-5H3. The molecule has 0 N–H and O–H groups in total. The lowest BCUT2D eigenvalue weighted by molar-refractivity contribution is -0.190. The van der Waals surface area contributed by atoms with E-state index >= 15 is 0 Å². The van der Waals surface area contributed by atoms with Gasteiger partial charge in [-0.15, -0.1) is 5.10 Å². The molecule has 2 atom stereocenters. The number of pyridine rings is 1. The molecule has 0 radical (unpaired) electrons. The summed E-state index contributed by atoms with van der Waals surface area (Å²) in [6.07, 6.45) is -1.82. The van der Waals surface area contributed by atoms with Crippen LogP contribution in [0.3, 0.4) is 0 Å². The van der Waals surface area contributed by atoms with Crippen molar-refractivity contribution in [2.75, 3.05) is 27.1 Å². The van der Waals surface area contributed by atoms with E-state index < -0.39 is 42.6 Å². The van der Waals surface area contributed by atoms with Gasteiger partial charge in [-0.25, -0.2) is 22.4 Å². The van der Waals surface area contributed by atoms with Crippen molar-refractivity contribution in [2.24, 2.45) is 11.3 Å². The summed E-state index contributed by atoms with van der Waals surface area (Å²) >= 11 is 0. The highest BCUT2D eigenvalue weighted by atomic mass is 32.2. The van der Waals surface area contributed by atoms with Crippen molar-refractivity contribution in [3.05, 3.63) is 60.3 Å². The van der Waals surface area contributed by atoms with E-state index in [0.717, 1.165) is 6.42 Å². The molecule has 2 unspecified atom stereocenters. The fourth-order valence-corrected chi connectivity index (χ4v) is 13.4. The van der Waals surface area contributed by atoms with Crippen LogP contribution in [-0.4, -0.2) is 74.9 Å². The number of benzene rings is 1. The molecule has 0 spiro atoms. The number of halogens is 3. The summed E-state index contributed by atoms with van der Waals surface area (Å²) in [6, 6.07) is 13.0. The first-order valence-electron chi connectivity index (χ1n) is 15.6. The Kier molecular flexibility index (Phi) is 9.67. The van der Waals surface area contributed by atoms with Gasteiger partial charge in [-0.2, -0.15) is 13.2 Å². The van der Waals surface area contributed by atoms with Crippen LogP contribution < -0.4 is 10.1 Å². The first-order chi connectivity index (χ1) is 22.1. The number of methoxy groups -OCH3 is 1. The van der Waals surface area contributed by atoms with Crippen molar-refractivity contribution >= 4 is 29.6 Å².